The second-order valence-electron chi connectivity index (χ2n) is 10.00. The minimum Gasteiger partial charge on any atom is -0.444 e. The quantitative estimate of drug-likeness (QED) is 0.586. The van der Waals surface area contributed by atoms with E-state index in [0.717, 1.165) is 12.8 Å². The first-order chi connectivity index (χ1) is 16.0. The maximum atomic E-state index is 13.4. The topological polar surface area (TPSA) is 79.0 Å². The largest absolute Gasteiger partial charge is 0.444 e. The van der Waals surface area contributed by atoms with Crippen LogP contribution < -0.4 is 5.32 Å². The van der Waals surface area contributed by atoms with Crippen molar-refractivity contribution in [2.45, 2.75) is 59.1 Å². The highest BCUT2D eigenvalue weighted by molar-refractivity contribution is 7.08. The Bertz CT molecular complexity index is 998. The number of piperidine rings is 1. The molecule has 3 amide bonds. The molecule has 34 heavy (non-hydrogen) atoms. The average Bonchev–Trinajstić information content (AvgIpc) is 3.31. The molecular formula is C26H35N3O4S. The van der Waals surface area contributed by atoms with Gasteiger partial charge in [-0.3, -0.25) is 9.59 Å². The number of ether oxygens (including phenoxy) is 1. The number of hydrogen-bond donors (Lipinski definition) is 1. The van der Waals surface area contributed by atoms with Gasteiger partial charge < -0.3 is 19.9 Å². The molecule has 0 bridgehead atoms. The van der Waals surface area contributed by atoms with Crippen LogP contribution in [-0.2, 0) is 4.74 Å². The lowest BCUT2D eigenvalue weighted by molar-refractivity contribution is 0.0124. The Hall–Kier alpha value is -2.87. The predicted molar refractivity (Wildman–Crippen MR) is 135 cm³/mol. The lowest BCUT2D eigenvalue weighted by Crippen LogP contribution is -2.48. The molecule has 1 aliphatic rings. The molecule has 1 atom stereocenters. The van der Waals surface area contributed by atoms with E-state index in [1.165, 1.54) is 11.3 Å². The Balaban J connectivity index is 1.70. The average molecular weight is 486 g/mol. The number of thiophene rings is 1. The highest BCUT2D eigenvalue weighted by Gasteiger charge is 2.31. The molecule has 1 unspecified atom stereocenters. The van der Waals surface area contributed by atoms with Crippen molar-refractivity contribution in [3.8, 4) is 0 Å². The molecule has 1 aromatic carbocycles. The van der Waals surface area contributed by atoms with Crippen molar-refractivity contribution in [2.24, 2.45) is 5.92 Å². The molecule has 0 spiro atoms. The number of hydrogen-bond acceptors (Lipinski definition) is 5. The summed E-state index contributed by atoms with van der Waals surface area (Å²) in [6.45, 7) is 11.3. The van der Waals surface area contributed by atoms with Crippen LogP contribution in [0.2, 0.25) is 0 Å². The van der Waals surface area contributed by atoms with Crippen LogP contribution in [0.15, 0.2) is 41.1 Å². The Labute approximate surface area is 206 Å². The summed E-state index contributed by atoms with van der Waals surface area (Å²) in [6.07, 6.45) is 1.47. The SMILES string of the molecule is CC(C)N(CC1CCCN(C(=O)c2ccccc2NC(=O)c2ccsc2)C1)C(=O)OC(C)(C)C. The molecule has 2 heterocycles. The smallest absolute Gasteiger partial charge is 0.410 e. The normalized spacial score (nSPS) is 16.3. The van der Waals surface area contributed by atoms with E-state index in [-0.39, 0.29) is 29.9 Å². The molecule has 1 N–H and O–H groups in total. The van der Waals surface area contributed by atoms with Gasteiger partial charge >= 0.3 is 6.09 Å². The molecule has 0 saturated carbocycles. The highest BCUT2D eigenvalue weighted by Crippen LogP contribution is 2.25. The van der Waals surface area contributed by atoms with Crippen LogP contribution in [0.4, 0.5) is 10.5 Å². The molecule has 1 fully saturated rings. The summed E-state index contributed by atoms with van der Waals surface area (Å²) < 4.78 is 5.60. The van der Waals surface area contributed by atoms with Crippen LogP contribution in [0.3, 0.4) is 0 Å². The summed E-state index contributed by atoms with van der Waals surface area (Å²) in [4.78, 5) is 42.3. The van der Waals surface area contributed by atoms with E-state index in [9.17, 15) is 14.4 Å². The van der Waals surface area contributed by atoms with Crippen molar-refractivity contribution in [3.05, 3.63) is 52.2 Å². The molecule has 1 saturated heterocycles. The molecule has 0 radical (unpaired) electrons. The molecular weight excluding hydrogens is 450 g/mol. The van der Waals surface area contributed by atoms with Gasteiger partial charge in [-0.2, -0.15) is 11.3 Å². The third kappa shape index (κ3) is 6.82. The van der Waals surface area contributed by atoms with E-state index >= 15 is 0 Å². The van der Waals surface area contributed by atoms with Crippen LogP contribution >= 0.6 is 11.3 Å². The van der Waals surface area contributed by atoms with Crippen molar-refractivity contribution in [2.75, 3.05) is 25.0 Å². The second kappa shape index (κ2) is 11.0. The summed E-state index contributed by atoms with van der Waals surface area (Å²) in [7, 11) is 0. The van der Waals surface area contributed by atoms with Gasteiger partial charge in [-0.1, -0.05) is 12.1 Å². The summed E-state index contributed by atoms with van der Waals surface area (Å²) in [5, 5.41) is 6.50. The third-order valence-electron chi connectivity index (χ3n) is 5.70. The zero-order valence-electron chi connectivity index (χ0n) is 20.7. The number of nitrogens with zero attached hydrogens (tertiary/aromatic N) is 2. The van der Waals surface area contributed by atoms with Crippen LogP contribution in [0.25, 0.3) is 0 Å². The predicted octanol–water partition coefficient (Wildman–Crippen LogP) is 5.50. The first-order valence-corrected chi connectivity index (χ1v) is 12.7. The molecule has 3 rings (SSSR count). The number of para-hydroxylation sites is 1. The van der Waals surface area contributed by atoms with Crippen molar-refractivity contribution in [1.82, 2.24) is 9.80 Å². The molecule has 184 valence electrons. The van der Waals surface area contributed by atoms with Gasteiger partial charge in [0.2, 0.25) is 0 Å². The second-order valence-corrected chi connectivity index (χ2v) is 10.8. The first-order valence-electron chi connectivity index (χ1n) is 11.8. The van der Waals surface area contributed by atoms with E-state index in [2.05, 4.69) is 5.32 Å². The molecule has 7 nitrogen and oxygen atoms in total. The number of amides is 3. The van der Waals surface area contributed by atoms with Crippen molar-refractivity contribution in [1.29, 1.82) is 0 Å². The van der Waals surface area contributed by atoms with E-state index < -0.39 is 5.60 Å². The van der Waals surface area contributed by atoms with Crippen LogP contribution in [0.1, 0.15) is 68.2 Å². The third-order valence-corrected chi connectivity index (χ3v) is 6.38. The van der Waals surface area contributed by atoms with Crippen molar-refractivity contribution >= 4 is 34.9 Å². The van der Waals surface area contributed by atoms with Gasteiger partial charge in [-0.25, -0.2) is 4.79 Å². The number of anilines is 1. The van der Waals surface area contributed by atoms with Gasteiger partial charge in [0.15, 0.2) is 0 Å². The molecule has 1 aromatic heterocycles. The summed E-state index contributed by atoms with van der Waals surface area (Å²) >= 11 is 1.45. The minimum atomic E-state index is -0.560. The summed E-state index contributed by atoms with van der Waals surface area (Å²) in [5.41, 5.74) is 0.986. The van der Waals surface area contributed by atoms with Gasteiger partial charge in [0.1, 0.15) is 5.60 Å². The monoisotopic (exact) mass is 485 g/mol. The Morgan fingerprint density at radius 3 is 2.59 bits per heavy atom. The standard InChI is InChI=1S/C26H35N3O4S/c1-18(2)29(25(32)33-26(3,4)5)16-19-9-8-13-28(15-19)24(31)21-10-6-7-11-22(21)27-23(30)20-12-14-34-17-20/h6-7,10-12,14,17-19H,8-9,13,15-16H2,1-5H3,(H,27,30). The zero-order valence-corrected chi connectivity index (χ0v) is 21.5. The van der Waals surface area contributed by atoms with Gasteiger partial charge in [0, 0.05) is 31.1 Å². The molecule has 1 aliphatic heterocycles. The lowest BCUT2D eigenvalue weighted by Gasteiger charge is -2.37. The first kappa shape index (κ1) is 25.7. The van der Waals surface area contributed by atoms with Gasteiger partial charge in [0.05, 0.1) is 16.8 Å². The van der Waals surface area contributed by atoms with E-state index in [0.29, 0.717) is 36.4 Å². The Kier molecular flexibility index (Phi) is 8.36. The highest BCUT2D eigenvalue weighted by atomic mass is 32.1. The Morgan fingerprint density at radius 2 is 1.94 bits per heavy atom. The molecule has 2 aromatic rings. The van der Waals surface area contributed by atoms with Crippen molar-refractivity contribution in [3.63, 3.8) is 0 Å². The lowest BCUT2D eigenvalue weighted by atomic mass is 9.96. The van der Waals surface area contributed by atoms with Gasteiger partial charge in [0.25, 0.3) is 11.8 Å². The number of carbonyl (C=O) groups is 3. The van der Waals surface area contributed by atoms with Crippen LogP contribution in [0, 0.1) is 5.92 Å². The fourth-order valence-electron chi connectivity index (χ4n) is 4.03. The van der Waals surface area contributed by atoms with Crippen LogP contribution in [-0.4, -0.2) is 59.0 Å². The van der Waals surface area contributed by atoms with Crippen LogP contribution in [0.5, 0.6) is 0 Å². The number of nitrogens with one attached hydrogen (secondary N) is 1. The summed E-state index contributed by atoms with van der Waals surface area (Å²) in [6, 6.07) is 8.86. The van der Waals surface area contributed by atoms with Gasteiger partial charge in [-0.05, 0) is 77.0 Å². The van der Waals surface area contributed by atoms with E-state index in [1.54, 1.807) is 40.6 Å². The fraction of sp³-hybridized carbons (Fsp3) is 0.500. The molecule has 0 aliphatic carbocycles. The number of likely N-dealkylation sites (tertiary alicyclic amines) is 1. The van der Waals surface area contributed by atoms with Gasteiger partial charge in [-0.15, -0.1) is 0 Å². The van der Waals surface area contributed by atoms with Crippen molar-refractivity contribution < 1.29 is 19.1 Å². The number of carbonyl (C=O) groups excluding carboxylic acids is 3. The maximum absolute atomic E-state index is 13.4. The number of benzene rings is 1. The summed E-state index contributed by atoms with van der Waals surface area (Å²) in [5.74, 6) is -0.192. The molecule has 8 heteroatoms. The Morgan fingerprint density at radius 1 is 1.21 bits per heavy atom. The zero-order chi connectivity index (χ0) is 24.9. The number of rotatable bonds is 6. The minimum absolute atomic E-state index is 0.00558. The van der Waals surface area contributed by atoms with E-state index in [4.69, 9.17) is 4.74 Å². The van der Waals surface area contributed by atoms with E-state index in [1.807, 2.05) is 44.9 Å². The maximum Gasteiger partial charge on any atom is 0.410 e. The fourth-order valence-corrected chi connectivity index (χ4v) is 4.67.